The molecule has 3 rings (SSSR count). The largest absolute Gasteiger partial charge is 0.507 e. The number of aromatic nitrogens is 2. The molecule has 2 aromatic rings. The number of nitrogens with zero attached hydrogens (tertiary/aromatic N) is 4. The minimum absolute atomic E-state index is 0.230. The maximum absolute atomic E-state index is 10.2. The van der Waals surface area contributed by atoms with Crippen LogP contribution in [0.4, 0.5) is 5.82 Å². The smallest absolute Gasteiger partial charge is 0.165 e. The van der Waals surface area contributed by atoms with Crippen molar-refractivity contribution < 1.29 is 5.11 Å². The summed E-state index contributed by atoms with van der Waals surface area (Å²) in [5.41, 5.74) is 3.11. The molecule has 1 aliphatic carbocycles. The number of phenols is 1. The molecule has 1 unspecified atom stereocenters. The van der Waals surface area contributed by atoms with Gasteiger partial charge in [0, 0.05) is 25.7 Å². The molecule has 0 bridgehead atoms. The minimum Gasteiger partial charge on any atom is -0.507 e. The molecule has 5 nitrogen and oxygen atoms in total. The maximum Gasteiger partial charge on any atom is 0.165 e. The number of hydrogen-bond acceptors (Lipinski definition) is 5. The molecule has 0 spiro atoms. The number of benzene rings is 1. The van der Waals surface area contributed by atoms with E-state index in [2.05, 4.69) is 37.9 Å². The minimum atomic E-state index is 0.230. The van der Waals surface area contributed by atoms with Crippen LogP contribution in [0.15, 0.2) is 24.3 Å². The van der Waals surface area contributed by atoms with Crippen molar-refractivity contribution in [2.45, 2.75) is 26.2 Å². The summed E-state index contributed by atoms with van der Waals surface area (Å²) in [7, 11) is 6.26. The molecule has 0 amide bonds. The lowest BCUT2D eigenvalue weighted by Gasteiger charge is -2.28. The van der Waals surface area contributed by atoms with E-state index in [4.69, 9.17) is 9.97 Å². The predicted molar refractivity (Wildman–Crippen MR) is 102 cm³/mol. The van der Waals surface area contributed by atoms with E-state index in [1.807, 2.05) is 18.2 Å². The van der Waals surface area contributed by atoms with Gasteiger partial charge >= 0.3 is 0 Å². The van der Waals surface area contributed by atoms with Gasteiger partial charge < -0.3 is 14.9 Å². The molecule has 134 valence electrons. The lowest BCUT2D eigenvalue weighted by molar-refractivity contribution is 0.415. The van der Waals surface area contributed by atoms with Gasteiger partial charge in [0.2, 0.25) is 0 Å². The summed E-state index contributed by atoms with van der Waals surface area (Å²) in [5, 5.41) is 10.2. The standard InChI is InChI=1S/C20H28N4O/c1-14-9-10-15-17(13-14)21-19(16-7-5-6-8-18(16)25)22-20(15)24(4)12-11-23(2)3/h5-8,14,25H,9-13H2,1-4H3. The first kappa shape index (κ1) is 17.7. The van der Waals surface area contributed by atoms with Gasteiger partial charge in [0.05, 0.1) is 11.3 Å². The second-order valence-corrected chi connectivity index (χ2v) is 7.39. The Morgan fingerprint density at radius 1 is 1.12 bits per heavy atom. The monoisotopic (exact) mass is 340 g/mol. The summed E-state index contributed by atoms with van der Waals surface area (Å²) < 4.78 is 0. The number of hydrogen-bond donors (Lipinski definition) is 1. The quantitative estimate of drug-likeness (QED) is 0.907. The fourth-order valence-corrected chi connectivity index (χ4v) is 3.32. The van der Waals surface area contributed by atoms with Gasteiger partial charge in [-0.05, 0) is 51.4 Å². The highest BCUT2D eigenvalue weighted by Crippen LogP contribution is 2.34. The van der Waals surface area contributed by atoms with E-state index in [1.54, 1.807) is 6.07 Å². The first-order chi connectivity index (χ1) is 12.0. The summed E-state index contributed by atoms with van der Waals surface area (Å²) in [6, 6.07) is 7.31. The maximum atomic E-state index is 10.2. The van der Waals surface area contributed by atoms with E-state index in [9.17, 15) is 5.11 Å². The summed E-state index contributed by atoms with van der Waals surface area (Å²) in [6.07, 6.45) is 3.19. The topological polar surface area (TPSA) is 52.5 Å². The third kappa shape index (κ3) is 3.93. The number of para-hydroxylation sites is 1. The molecule has 1 aliphatic rings. The highest BCUT2D eigenvalue weighted by Gasteiger charge is 2.24. The van der Waals surface area contributed by atoms with Gasteiger partial charge in [0.25, 0.3) is 0 Å². The predicted octanol–water partition coefficient (Wildman–Crippen LogP) is 2.97. The molecule has 0 radical (unpaired) electrons. The zero-order valence-corrected chi connectivity index (χ0v) is 15.7. The van der Waals surface area contributed by atoms with Crippen LogP contribution in [0, 0.1) is 5.92 Å². The Kier molecular flexibility index (Phi) is 5.23. The van der Waals surface area contributed by atoms with Crippen LogP contribution >= 0.6 is 0 Å². The highest BCUT2D eigenvalue weighted by atomic mass is 16.3. The van der Waals surface area contributed by atoms with Crippen LogP contribution < -0.4 is 4.90 Å². The second kappa shape index (κ2) is 7.40. The van der Waals surface area contributed by atoms with Gasteiger partial charge in [-0.2, -0.15) is 0 Å². The summed E-state index contributed by atoms with van der Waals surface area (Å²) >= 11 is 0. The van der Waals surface area contributed by atoms with Crippen molar-refractivity contribution in [3.8, 4) is 17.1 Å². The van der Waals surface area contributed by atoms with Crippen LogP contribution in [0.5, 0.6) is 5.75 Å². The lowest BCUT2D eigenvalue weighted by atomic mass is 9.88. The van der Waals surface area contributed by atoms with Crippen LogP contribution in [0.1, 0.15) is 24.6 Å². The van der Waals surface area contributed by atoms with Crippen molar-refractivity contribution in [1.82, 2.24) is 14.9 Å². The number of likely N-dealkylation sites (N-methyl/N-ethyl adjacent to an activating group) is 2. The van der Waals surface area contributed by atoms with E-state index >= 15 is 0 Å². The Morgan fingerprint density at radius 2 is 1.88 bits per heavy atom. The number of fused-ring (bicyclic) bond motifs is 1. The van der Waals surface area contributed by atoms with Crippen molar-refractivity contribution in [2.75, 3.05) is 39.1 Å². The van der Waals surface area contributed by atoms with Gasteiger partial charge in [-0.1, -0.05) is 19.1 Å². The van der Waals surface area contributed by atoms with Crippen LogP contribution in [0.3, 0.4) is 0 Å². The molecule has 1 heterocycles. The fourth-order valence-electron chi connectivity index (χ4n) is 3.32. The molecule has 1 atom stereocenters. The number of aromatic hydroxyl groups is 1. The average molecular weight is 340 g/mol. The van der Waals surface area contributed by atoms with E-state index in [0.29, 0.717) is 17.3 Å². The Bertz CT molecular complexity index is 744. The summed E-state index contributed by atoms with van der Waals surface area (Å²) in [4.78, 5) is 14.1. The van der Waals surface area contributed by atoms with E-state index in [-0.39, 0.29) is 5.75 Å². The van der Waals surface area contributed by atoms with Crippen LogP contribution in [0.2, 0.25) is 0 Å². The molecule has 1 N–H and O–H groups in total. The first-order valence-corrected chi connectivity index (χ1v) is 8.99. The normalized spacial score (nSPS) is 16.8. The molecule has 5 heteroatoms. The Hall–Kier alpha value is -2.14. The molecular formula is C20H28N4O. The number of rotatable bonds is 5. The molecular weight excluding hydrogens is 312 g/mol. The molecule has 0 saturated carbocycles. The van der Waals surface area contributed by atoms with Crippen molar-refractivity contribution in [3.05, 3.63) is 35.5 Å². The van der Waals surface area contributed by atoms with Crippen molar-refractivity contribution in [3.63, 3.8) is 0 Å². The van der Waals surface area contributed by atoms with E-state index in [1.165, 1.54) is 12.0 Å². The average Bonchev–Trinajstić information content (AvgIpc) is 2.58. The SMILES string of the molecule is CC1CCc2c(nc(-c3ccccc3O)nc2N(C)CCN(C)C)C1. The molecule has 0 fully saturated rings. The van der Waals surface area contributed by atoms with Gasteiger partial charge in [-0.25, -0.2) is 9.97 Å². The second-order valence-electron chi connectivity index (χ2n) is 7.39. The third-order valence-corrected chi connectivity index (χ3v) is 4.89. The molecule has 0 aliphatic heterocycles. The van der Waals surface area contributed by atoms with E-state index < -0.39 is 0 Å². The van der Waals surface area contributed by atoms with Crippen LogP contribution in [-0.4, -0.2) is 54.2 Å². The molecule has 1 aromatic carbocycles. The summed E-state index contributed by atoms with van der Waals surface area (Å²) in [6.45, 7) is 4.16. The fraction of sp³-hybridized carbons (Fsp3) is 0.500. The third-order valence-electron chi connectivity index (χ3n) is 4.89. The van der Waals surface area contributed by atoms with E-state index in [0.717, 1.165) is 37.4 Å². The van der Waals surface area contributed by atoms with Crippen molar-refractivity contribution >= 4 is 5.82 Å². The number of anilines is 1. The number of phenolic OH excluding ortho intramolecular Hbond substituents is 1. The Morgan fingerprint density at radius 3 is 2.60 bits per heavy atom. The van der Waals surface area contributed by atoms with Gasteiger partial charge in [0.15, 0.2) is 5.82 Å². The van der Waals surface area contributed by atoms with Gasteiger partial charge in [-0.3, -0.25) is 0 Å². The highest BCUT2D eigenvalue weighted by molar-refractivity contribution is 5.66. The molecule has 0 saturated heterocycles. The van der Waals surface area contributed by atoms with Gasteiger partial charge in [-0.15, -0.1) is 0 Å². The Labute approximate surface area is 150 Å². The van der Waals surface area contributed by atoms with Crippen molar-refractivity contribution in [2.24, 2.45) is 5.92 Å². The first-order valence-electron chi connectivity index (χ1n) is 8.99. The zero-order valence-electron chi connectivity index (χ0n) is 15.7. The van der Waals surface area contributed by atoms with Crippen LogP contribution in [-0.2, 0) is 12.8 Å². The zero-order chi connectivity index (χ0) is 18.0. The van der Waals surface area contributed by atoms with Gasteiger partial charge in [0.1, 0.15) is 11.6 Å². The molecule has 1 aromatic heterocycles. The summed E-state index contributed by atoms with van der Waals surface area (Å²) in [5.74, 6) is 2.50. The van der Waals surface area contributed by atoms with Crippen LogP contribution in [0.25, 0.3) is 11.4 Å². The lowest BCUT2D eigenvalue weighted by Crippen LogP contribution is -2.31. The molecule has 25 heavy (non-hydrogen) atoms. The Balaban J connectivity index is 2.05. The van der Waals surface area contributed by atoms with Crippen molar-refractivity contribution in [1.29, 1.82) is 0 Å².